The third-order valence-electron chi connectivity index (χ3n) is 5.90. The number of nitrogens with zero attached hydrogens (tertiary/aromatic N) is 6. The zero-order valence-electron chi connectivity index (χ0n) is 19.5. The minimum absolute atomic E-state index is 0.191. The maximum atomic E-state index is 15.2. The Morgan fingerprint density at radius 2 is 1.82 bits per heavy atom. The number of carbonyl (C=O) groups is 1. The first-order valence-electron chi connectivity index (χ1n) is 10.9. The average molecular weight is 544 g/mol. The molecule has 0 radical (unpaired) electrons. The first-order chi connectivity index (χ1) is 15.4. The number of likely N-dealkylation sites (N-methyl/N-ethyl adjacent to an activating group) is 1. The average Bonchev–Trinajstić information content (AvgIpc) is 2.69. The summed E-state index contributed by atoms with van der Waals surface area (Å²) in [6, 6.07) is 2.11. The molecule has 1 aromatic carbocycles. The number of halogens is 3. The molecule has 2 saturated heterocycles. The van der Waals surface area contributed by atoms with Gasteiger partial charge in [-0.2, -0.15) is 4.98 Å². The third kappa shape index (κ3) is 4.97. The number of anilines is 2. The SMILES string of the molecule is CN(C)C1CN(c2nc(N3CCN(C(=O)OC(C)(C)C)CC3)c3cc(Cl)c(Br)c(F)c3n2)C1. The number of carbonyl (C=O) groups excluding carboxylic acids is 1. The Kier molecular flexibility index (Phi) is 6.63. The van der Waals surface area contributed by atoms with Crippen LogP contribution in [0.3, 0.4) is 0 Å². The molecule has 11 heteroatoms. The lowest BCUT2D eigenvalue weighted by atomic mass is 10.1. The van der Waals surface area contributed by atoms with Crippen molar-refractivity contribution in [2.45, 2.75) is 32.4 Å². The van der Waals surface area contributed by atoms with Crippen molar-refractivity contribution in [3.05, 3.63) is 21.4 Å². The molecule has 0 saturated carbocycles. The Morgan fingerprint density at radius 1 is 1.18 bits per heavy atom. The highest BCUT2D eigenvalue weighted by molar-refractivity contribution is 9.10. The Bertz CT molecular complexity index is 1070. The Morgan fingerprint density at radius 3 is 2.39 bits per heavy atom. The molecule has 2 aromatic rings. The van der Waals surface area contributed by atoms with E-state index in [1.807, 2.05) is 39.8 Å². The minimum Gasteiger partial charge on any atom is -0.444 e. The summed E-state index contributed by atoms with van der Waals surface area (Å²) >= 11 is 9.51. The maximum absolute atomic E-state index is 15.2. The molecule has 1 aromatic heterocycles. The largest absolute Gasteiger partial charge is 0.444 e. The Labute approximate surface area is 206 Å². The highest BCUT2D eigenvalue weighted by Crippen LogP contribution is 2.37. The van der Waals surface area contributed by atoms with Gasteiger partial charge in [-0.15, -0.1) is 0 Å². The summed E-state index contributed by atoms with van der Waals surface area (Å²) in [5.41, 5.74) is -0.316. The van der Waals surface area contributed by atoms with Gasteiger partial charge in [0.25, 0.3) is 0 Å². The van der Waals surface area contributed by atoms with Crippen LogP contribution >= 0.6 is 27.5 Å². The van der Waals surface area contributed by atoms with Crippen molar-refractivity contribution >= 4 is 56.3 Å². The number of hydrogen-bond acceptors (Lipinski definition) is 7. The number of hydrogen-bond donors (Lipinski definition) is 0. The van der Waals surface area contributed by atoms with E-state index in [0.29, 0.717) is 49.4 Å². The van der Waals surface area contributed by atoms with Gasteiger partial charge in [-0.25, -0.2) is 14.2 Å². The number of fused-ring (bicyclic) bond motifs is 1. The normalized spacial score (nSPS) is 17.7. The molecule has 2 aliphatic rings. The fourth-order valence-corrected chi connectivity index (χ4v) is 4.39. The molecule has 0 aliphatic carbocycles. The smallest absolute Gasteiger partial charge is 0.410 e. The standard InChI is InChI=1S/C22H29BrClFN6O2/c1-22(2,3)33-21(32)30-8-6-29(7-9-30)19-14-10-15(24)16(23)17(25)18(14)26-20(27-19)31-11-13(12-31)28(4)5/h10,13H,6-9,11-12H2,1-5H3. The van der Waals surface area contributed by atoms with Crippen molar-refractivity contribution < 1.29 is 13.9 Å². The van der Waals surface area contributed by atoms with Crippen LogP contribution < -0.4 is 9.80 Å². The van der Waals surface area contributed by atoms with E-state index in [0.717, 1.165) is 13.1 Å². The summed E-state index contributed by atoms with van der Waals surface area (Å²) in [7, 11) is 4.08. The molecular weight excluding hydrogens is 515 g/mol. The predicted octanol–water partition coefficient (Wildman–Crippen LogP) is 3.99. The van der Waals surface area contributed by atoms with E-state index in [9.17, 15) is 4.79 Å². The lowest BCUT2D eigenvalue weighted by Crippen LogP contribution is -2.58. The molecule has 0 unspecified atom stereocenters. The van der Waals surface area contributed by atoms with Gasteiger partial charge in [0, 0.05) is 50.7 Å². The Hall–Kier alpha value is -1.91. The number of aromatic nitrogens is 2. The van der Waals surface area contributed by atoms with E-state index < -0.39 is 11.4 Å². The lowest BCUT2D eigenvalue weighted by molar-refractivity contribution is 0.0240. The summed E-state index contributed by atoms with van der Waals surface area (Å²) in [5.74, 6) is 0.623. The fourth-order valence-electron chi connectivity index (χ4n) is 3.90. The van der Waals surface area contributed by atoms with Crippen LogP contribution in [0, 0.1) is 5.82 Å². The number of ether oxygens (including phenoxy) is 1. The third-order valence-corrected chi connectivity index (χ3v) is 7.20. The van der Waals surface area contributed by atoms with Gasteiger partial charge < -0.3 is 24.3 Å². The predicted molar refractivity (Wildman–Crippen MR) is 132 cm³/mol. The van der Waals surface area contributed by atoms with Gasteiger partial charge in [-0.3, -0.25) is 0 Å². The molecule has 0 bridgehead atoms. The van der Waals surface area contributed by atoms with Gasteiger partial charge in [-0.05, 0) is 56.9 Å². The molecule has 0 atom stereocenters. The lowest BCUT2D eigenvalue weighted by Gasteiger charge is -2.43. The van der Waals surface area contributed by atoms with Crippen molar-refractivity contribution in [2.75, 3.05) is 63.2 Å². The summed E-state index contributed by atoms with van der Waals surface area (Å²) < 4.78 is 20.9. The number of rotatable bonds is 3. The van der Waals surface area contributed by atoms with Crippen LogP contribution in [0.25, 0.3) is 10.9 Å². The van der Waals surface area contributed by atoms with E-state index >= 15 is 4.39 Å². The van der Waals surface area contributed by atoms with Gasteiger partial charge in [0.05, 0.1) is 9.50 Å². The molecule has 0 spiro atoms. The summed E-state index contributed by atoms with van der Waals surface area (Å²) in [6.07, 6.45) is -0.330. The molecule has 33 heavy (non-hydrogen) atoms. The summed E-state index contributed by atoms with van der Waals surface area (Å²) in [4.78, 5) is 29.8. The molecule has 2 fully saturated rings. The second kappa shape index (κ2) is 9.03. The van der Waals surface area contributed by atoms with Crippen LogP contribution in [0.2, 0.25) is 5.02 Å². The van der Waals surface area contributed by atoms with Gasteiger partial charge >= 0.3 is 6.09 Å². The van der Waals surface area contributed by atoms with Crippen LogP contribution in [0.1, 0.15) is 20.8 Å². The first-order valence-corrected chi connectivity index (χ1v) is 12.1. The maximum Gasteiger partial charge on any atom is 0.410 e. The van der Waals surface area contributed by atoms with Crippen LogP contribution in [0.15, 0.2) is 10.5 Å². The van der Waals surface area contributed by atoms with Crippen LogP contribution in [0.4, 0.5) is 21.0 Å². The fraction of sp³-hybridized carbons (Fsp3) is 0.591. The van der Waals surface area contributed by atoms with Gasteiger partial charge in [-0.1, -0.05) is 11.6 Å². The topological polar surface area (TPSA) is 65.0 Å². The van der Waals surface area contributed by atoms with Crippen molar-refractivity contribution in [1.29, 1.82) is 0 Å². The first kappa shape index (κ1) is 24.2. The number of benzene rings is 1. The summed E-state index contributed by atoms with van der Waals surface area (Å²) in [6.45, 7) is 9.15. The second-order valence-corrected chi connectivity index (χ2v) is 10.9. The zero-order valence-corrected chi connectivity index (χ0v) is 21.9. The van der Waals surface area contributed by atoms with Crippen molar-refractivity contribution in [3.63, 3.8) is 0 Å². The molecule has 2 aliphatic heterocycles. The molecule has 4 rings (SSSR count). The second-order valence-electron chi connectivity index (χ2n) is 9.71. The summed E-state index contributed by atoms with van der Waals surface area (Å²) in [5, 5.41) is 0.821. The van der Waals surface area contributed by atoms with E-state index in [2.05, 4.69) is 30.7 Å². The van der Waals surface area contributed by atoms with E-state index in [-0.39, 0.29) is 21.1 Å². The molecule has 180 valence electrons. The van der Waals surface area contributed by atoms with Crippen molar-refractivity contribution in [1.82, 2.24) is 19.8 Å². The Balaban J connectivity index is 1.63. The number of piperazine rings is 1. The van der Waals surface area contributed by atoms with Crippen LogP contribution in [-0.2, 0) is 4.74 Å². The van der Waals surface area contributed by atoms with Gasteiger partial charge in [0.15, 0.2) is 5.82 Å². The van der Waals surface area contributed by atoms with Crippen LogP contribution in [0.5, 0.6) is 0 Å². The van der Waals surface area contributed by atoms with E-state index in [1.54, 1.807) is 11.0 Å². The quantitative estimate of drug-likeness (QED) is 0.543. The highest BCUT2D eigenvalue weighted by atomic mass is 79.9. The molecule has 8 nitrogen and oxygen atoms in total. The zero-order chi connectivity index (χ0) is 24.1. The highest BCUT2D eigenvalue weighted by Gasteiger charge is 2.33. The van der Waals surface area contributed by atoms with Gasteiger partial charge in [0.1, 0.15) is 16.9 Å². The van der Waals surface area contributed by atoms with Crippen molar-refractivity contribution in [2.24, 2.45) is 0 Å². The monoisotopic (exact) mass is 542 g/mol. The minimum atomic E-state index is -0.546. The van der Waals surface area contributed by atoms with Gasteiger partial charge in [0.2, 0.25) is 5.95 Å². The van der Waals surface area contributed by atoms with E-state index in [1.165, 1.54) is 0 Å². The molecule has 1 amide bonds. The molecule has 0 N–H and O–H groups in total. The number of amides is 1. The van der Waals surface area contributed by atoms with E-state index in [4.69, 9.17) is 21.3 Å². The molecule has 3 heterocycles. The van der Waals surface area contributed by atoms with Crippen molar-refractivity contribution in [3.8, 4) is 0 Å². The molecular formula is C22H29BrClFN6O2. The van der Waals surface area contributed by atoms with Crippen LogP contribution in [-0.4, -0.2) is 90.9 Å².